The lowest BCUT2D eigenvalue weighted by molar-refractivity contribution is -0.120. The Bertz CT molecular complexity index is 114. The Morgan fingerprint density at radius 1 is 1.56 bits per heavy atom. The summed E-state index contributed by atoms with van der Waals surface area (Å²) in [6, 6.07) is 0. The van der Waals surface area contributed by atoms with Gasteiger partial charge in [0.2, 0.25) is 5.91 Å². The molecule has 0 aliphatic carbocycles. The van der Waals surface area contributed by atoms with Crippen LogP contribution in [0.5, 0.6) is 0 Å². The van der Waals surface area contributed by atoms with Crippen molar-refractivity contribution in [2.75, 3.05) is 6.54 Å². The molecule has 0 bridgehead atoms. The highest BCUT2D eigenvalue weighted by molar-refractivity contribution is 5.76. The van der Waals surface area contributed by atoms with Crippen LogP contribution >= 0.6 is 0 Å². The third-order valence-electron chi connectivity index (χ3n) is 1.50. The van der Waals surface area contributed by atoms with E-state index in [1.807, 2.05) is 0 Å². The van der Waals surface area contributed by atoms with Crippen molar-refractivity contribution in [3.8, 4) is 0 Å². The van der Waals surface area contributed by atoms with E-state index in [4.69, 9.17) is 5.11 Å². The molecule has 0 aromatic carbocycles. The van der Waals surface area contributed by atoms with Crippen LogP contribution in [0.15, 0.2) is 0 Å². The summed E-state index contributed by atoms with van der Waals surface area (Å²) in [6.07, 6.45) is 1.52. The van der Waals surface area contributed by atoms with Crippen molar-refractivity contribution in [1.29, 1.82) is 0 Å². The van der Waals surface area contributed by atoms with Crippen molar-refractivity contribution < 1.29 is 9.90 Å². The predicted molar refractivity (Wildman–Crippen MR) is 32.9 cm³/mol. The van der Waals surface area contributed by atoms with Crippen LogP contribution in [0.2, 0.25) is 0 Å². The molecule has 3 heteroatoms. The first-order valence-corrected chi connectivity index (χ1v) is 3.24. The topological polar surface area (TPSA) is 49.3 Å². The van der Waals surface area contributed by atoms with Crippen LogP contribution in [-0.4, -0.2) is 23.7 Å². The molecule has 52 valence electrons. The molecule has 1 atom stereocenters. The van der Waals surface area contributed by atoms with Crippen LogP contribution in [0, 0.1) is 0 Å². The second-order valence-electron chi connectivity index (χ2n) is 2.33. The first-order valence-electron chi connectivity index (χ1n) is 3.24. The van der Waals surface area contributed by atoms with E-state index in [0.717, 1.165) is 0 Å². The van der Waals surface area contributed by atoms with Crippen molar-refractivity contribution >= 4 is 5.91 Å². The zero-order valence-electron chi connectivity index (χ0n) is 5.26. The summed E-state index contributed by atoms with van der Waals surface area (Å²) in [4.78, 5) is 10.6. The summed E-state index contributed by atoms with van der Waals surface area (Å²) >= 11 is 0. The minimum absolute atomic E-state index is 0.0616. The van der Waals surface area contributed by atoms with Crippen LogP contribution < -0.4 is 5.32 Å². The average Bonchev–Trinajstić information content (AvgIpc) is 1.97. The SMILES string of the molecule is O=C1CC[C@@H](O)CCN1. The lowest BCUT2D eigenvalue weighted by atomic mass is 10.2. The Morgan fingerprint density at radius 2 is 2.33 bits per heavy atom. The van der Waals surface area contributed by atoms with Gasteiger partial charge in [-0.1, -0.05) is 0 Å². The van der Waals surface area contributed by atoms with E-state index in [9.17, 15) is 4.79 Å². The van der Waals surface area contributed by atoms with Gasteiger partial charge in [-0.15, -0.1) is 0 Å². The van der Waals surface area contributed by atoms with Crippen molar-refractivity contribution in [3.63, 3.8) is 0 Å². The largest absolute Gasteiger partial charge is 0.393 e. The molecule has 1 fully saturated rings. The summed E-state index contributed by atoms with van der Waals surface area (Å²) < 4.78 is 0. The van der Waals surface area contributed by atoms with Gasteiger partial charge in [0.1, 0.15) is 0 Å². The van der Waals surface area contributed by atoms with Gasteiger partial charge in [0.15, 0.2) is 0 Å². The van der Waals surface area contributed by atoms with E-state index in [1.54, 1.807) is 0 Å². The second-order valence-corrected chi connectivity index (χ2v) is 2.33. The second kappa shape index (κ2) is 2.82. The summed E-state index contributed by atoms with van der Waals surface area (Å²) in [6.45, 7) is 0.625. The average molecular weight is 129 g/mol. The smallest absolute Gasteiger partial charge is 0.220 e. The van der Waals surface area contributed by atoms with Crippen LogP contribution in [0.3, 0.4) is 0 Å². The molecule has 0 unspecified atom stereocenters. The number of carbonyl (C=O) groups excluding carboxylic acids is 1. The number of carbonyl (C=O) groups is 1. The molecule has 1 saturated heterocycles. The predicted octanol–water partition coefficient (Wildman–Crippen LogP) is -0.353. The molecule has 0 aromatic heterocycles. The maximum Gasteiger partial charge on any atom is 0.220 e. The normalized spacial score (nSPS) is 29.0. The molecule has 0 saturated carbocycles. The molecule has 9 heavy (non-hydrogen) atoms. The van der Waals surface area contributed by atoms with Gasteiger partial charge in [-0.3, -0.25) is 4.79 Å². The first kappa shape index (κ1) is 6.55. The third-order valence-corrected chi connectivity index (χ3v) is 1.50. The van der Waals surface area contributed by atoms with Gasteiger partial charge in [0, 0.05) is 13.0 Å². The molecular weight excluding hydrogens is 118 g/mol. The summed E-state index contributed by atoms with van der Waals surface area (Å²) in [5.41, 5.74) is 0. The number of nitrogens with one attached hydrogen (secondary N) is 1. The van der Waals surface area contributed by atoms with Gasteiger partial charge in [-0.2, -0.15) is 0 Å². The van der Waals surface area contributed by atoms with E-state index in [1.165, 1.54) is 0 Å². The van der Waals surface area contributed by atoms with Gasteiger partial charge >= 0.3 is 0 Å². The quantitative estimate of drug-likeness (QED) is 0.469. The van der Waals surface area contributed by atoms with Gasteiger partial charge in [0.25, 0.3) is 0 Å². The fourth-order valence-electron chi connectivity index (χ4n) is 0.909. The van der Waals surface area contributed by atoms with Crippen molar-refractivity contribution in [2.45, 2.75) is 25.4 Å². The highest BCUT2D eigenvalue weighted by Crippen LogP contribution is 2.03. The lowest BCUT2D eigenvalue weighted by Crippen LogP contribution is -2.21. The fourth-order valence-corrected chi connectivity index (χ4v) is 0.909. The lowest BCUT2D eigenvalue weighted by Gasteiger charge is -2.00. The van der Waals surface area contributed by atoms with E-state index in [2.05, 4.69) is 5.32 Å². The Hall–Kier alpha value is -0.570. The number of hydrogen-bond donors (Lipinski definition) is 2. The van der Waals surface area contributed by atoms with E-state index < -0.39 is 0 Å². The molecule has 3 nitrogen and oxygen atoms in total. The first-order chi connectivity index (χ1) is 4.29. The third kappa shape index (κ3) is 2.01. The number of aliphatic hydroxyl groups excluding tert-OH is 1. The van der Waals surface area contributed by atoms with Crippen molar-refractivity contribution in [1.82, 2.24) is 5.32 Å². The summed E-state index contributed by atoms with van der Waals surface area (Å²) in [5, 5.41) is 11.7. The molecular formula is C6H11NO2. The molecule has 1 aliphatic rings. The molecule has 0 spiro atoms. The van der Waals surface area contributed by atoms with Gasteiger partial charge < -0.3 is 10.4 Å². The Labute approximate surface area is 54.1 Å². The minimum Gasteiger partial charge on any atom is -0.393 e. The summed E-state index contributed by atoms with van der Waals surface area (Å²) in [7, 11) is 0. The van der Waals surface area contributed by atoms with Gasteiger partial charge in [0.05, 0.1) is 6.10 Å². The molecule has 2 N–H and O–H groups in total. The fraction of sp³-hybridized carbons (Fsp3) is 0.833. The number of rotatable bonds is 0. The van der Waals surface area contributed by atoms with Crippen LogP contribution in [0.25, 0.3) is 0 Å². The standard InChI is InChI=1S/C6H11NO2/c8-5-1-2-6(9)7-4-3-5/h5,8H,1-4H2,(H,7,9)/t5-/m1/s1. The molecule has 1 rings (SSSR count). The van der Waals surface area contributed by atoms with E-state index in [-0.39, 0.29) is 12.0 Å². The number of amides is 1. The summed E-state index contributed by atoms with van der Waals surface area (Å²) in [5.74, 6) is 0.0616. The van der Waals surface area contributed by atoms with Crippen molar-refractivity contribution in [3.05, 3.63) is 0 Å². The molecule has 1 heterocycles. The molecule has 0 aromatic rings. The van der Waals surface area contributed by atoms with Gasteiger partial charge in [-0.05, 0) is 12.8 Å². The number of hydrogen-bond acceptors (Lipinski definition) is 2. The highest BCUT2D eigenvalue weighted by atomic mass is 16.3. The zero-order valence-corrected chi connectivity index (χ0v) is 5.26. The maximum absolute atomic E-state index is 10.6. The minimum atomic E-state index is -0.274. The van der Waals surface area contributed by atoms with E-state index >= 15 is 0 Å². The Kier molecular flexibility index (Phi) is 2.05. The zero-order chi connectivity index (χ0) is 6.69. The van der Waals surface area contributed by atoms with Crippen LogP contribution in [-0.2, 0) is 4.79 Å². The van der Waals surface area contributed by atoms with Crippen LogP contribution in [0.1, 0.15) is 19.3 Å². The molecule has 1 aliphatic heterocycles. The Balaban J connectivity index is 2.34. The number of aliphatic hydroxyl groups is 1. The monoisotopic (exact) mass is 129 g/mol. The van der Waals surface area contributed by atoms with Crippen LogP contribution in [0.4, 0.5) is 0 Å². The maximum atomic E-state index is 10.6. The molecule has 1 amide bonds. The van der Waals surface area contributed by atoms with Gasteiger partial charge in [-0.25, -0.2) is 0 Å². The van der Waals surface area contributed by atoms with Crippen molar-refractivity contribution in [2.24, 2.45) is 0 Å². The molecule has 0 radical (unpaired) electrons. The highest BCUT2D eigenvalue weighted by Gasteiger charge is 2.11. The Morgan fingerprint density at radius 3 is 3.11 bits per heavy atom. The van der Waals surface area contributed by atoms with E-state index in [0.29, 0.717) is 25.8 Å².